The number of nitrogens with one attached hydrogen (secondary N) is 2. The highest BCUT2D eigenvalue weighted by molar-refractivity contribution is 7.11. The number of hydrogen-bond donors (Lipinski definition) is 2. The van der Waals surface area contributed by atoms with Gasteiger partial charge in [0, 0.05) is 16.7 Å². The third-order valence-corrected chi connectivity index (χ3v) is 4.04. The molecule has 0 radical (unpaired) electrons. The van der Waals surface area contributed by atoms with Gasteiger partial charge in [-0.2, -0.15) is 0 Å². The summed E-state index contributed by atoms with van der Waals surface area (Å²) >= 11 is 1.71. The van der Waals surface area contributed by atoms with Gasteiger partial charge in [-0.15, -0.1) is 11.3 Å². The quantitative estimate of drug-likeness (QED) is 0.839. The fraction of sp³-hybridized carbons (Fsp3) is 0.571. The Morgan fingerprint density at radius 2 is 1.89 bits per heavy atom. The van der Waals surface area contributed by atoms with Crippen molar-refractivity contribution in [3.63, 3.8) is 0 Å². The lowest BCUT2D eigenvalue weighted by Gasteiger charge is -2.20. The van der Waals surface area contributed by atoms with Gasteiger partial charge in [0.2, 0.25) is 11.8 Å². The number of amides is 2. The topological polar surface area (TPSA) is 58.2 Å². The molecule has 0 unspecified atom stereocenters. The van der Waals surface area contributed by atoms with Crippen LogP contribution in [0, 0.1) is 5.92 Å². The first-order valence-electron chi connectivity index (χ1n) is 6.56. The van der Waals surface area contributed by atoms with Crippen LogP contribution in [0.1, 0.15) is 37.4 Å². The summed E-state index contributed by atoms with van der Waals surface area (Å²) in [6.45, 7) is 7.89. The maximum absolute atomic E-state index is 12.0. The van der Waals surface area contributed by atoms with Crippen molar-refractivity contribution in [2.24, 2.45) is 5.92 Å². The largest absolute Gasteiger partial charge is 0.349 e. The Hall–Kier alpha value is -1.36. The first kappa shape index (κ1) is 15.7. The second kappa shape index (κ2) is 7.28. The zero-order valence-electron chi connectivity index (χ0n) is 11.9. The van der Waals surface area contributed by atoms with Crippen LogP contribution >= 0.6 is 11.3 Å². The number of aryl methyl sites for hydroxylation is 1. The van der Waals surface area contributed by atoms with Gasteiger partial charge in [-0.3, -0.25) is 9.59 Å². The van der Waals surface area contributed by atoms with Crippen LogP contribution in [0.4, 0.5) is 0 Å². The van der Waals surface area contributed by atoms with Crippen molar-refractivity contribution in [2.75, 3.05) is 0 Å². The first-order chi connectivity index (χ1) is 8.93. The predicted molar refractivity (Wildman–Crippen MR) is 78.0 cm³/mol. The molecule has 1 aromatic rings. The molecule has 2 amide bonds. The van der Waals surface area contributed by atoms with Gasteiger partial charge >= 0.3 is 0 Å². The Morgan fingerprint density at radius 3 is 2.37 bits per heavy atom. The minimum Gasteiger partial charge on any atom is -0.349 e. The molecule has 2 N–H and O–H groups in total. The fourth-order valence-electron chi connectivity index (χ4n) is 1.75. The molecule has 0 aromatic carbocycles. The van der Waals surface area contributed by atoms with E-state index in [0.717, 1.165) is 11.3 Å². The average molecular weight is 282 g/mol. The third-order valence-electron chi connectivity index (χ3n) is 2.81. The molecule has 1 atom stereocenters. The molecule has 0 aliphatic carbocycles. The van der Waals surface area contributed by atoms with Crippen molar-refractivity contribution < 1.29 is 9.59 Å². The van der Waals surface area contributed by atoms with Crippen LogP contribution < -0.4 is 10.6 Å². The molecule has 0 saturated heterocycles. The van der Waals surface area contributed by atoms with Crippen LogP contribution in [-0.4, -0.2) is 17.9 Å². The van der Waals surface area contributed by atoms with Crippen LogP contribution in [0.25, 0.3) is 0 Å². The molecular weight excluding hydrogens is 260 g/mol. The summed E-state index contributed by atoms with van der Waals surface area (Å²) in [5, 5.41) is 5.56. The van der Waals surface area contributed by atoms with E-state index in [1.807, 2.05) is 19.9 Å². The van der Waals surface area contributed by atoms with Gasteiger partial charge in [0.05, 0.1) is 6.54 Å². The zero-order valence-corrected chi connectivity index (χ0v) is 12.8. The van der Waals surface area contributed by atoms with Gasteiger partial charge in [-0.05, 0) is 24.5 Å². The minimum atomic E-state index is -0.469. The molecule has 5 heteroatoms. The van der Waals surface area contributed by atoms with E-state index in [1.165, 1.54) is 11.8 Å². The van der Waals surface area contributed by atoms with E-state index in [2.05, 4.69) is 23.6 Å². The maximum Gasteiger partial charge on any atom is 0.243 e. The van der Waals surface area contributed by atoms with Crippen molar-refractivity contribution in [3.8, 4) is 0 Å². The van der Waals surface area contributed by atoms with Crippen molar-refractivity contribution in [3.05, 3.63) is 21.9 Å². The number of carbonyl (C=O) groups excluding carboxylic acids is 2. The van der Waals surface area contributed by atoms with E-state index in [-0.39, 0.29) is 17.7 Å². The van der Waals surface area contributed by atoms with Gasteiger partial charge in [-0.1, -0.05) is 20.8 Å². The first-order valence-corrected chi connectivity index (χ1v) is 7.38. The van der Waals surface area contributed by atoms with Gasteiger partial charge in [-0.25, -0.2) is 0 Å². The number of rotatable bonds is 6. The second-order valence-electron chi connectivity index (χ2n) is 4.86. The summed E-state index contributed by atoms with van der Waals surface area (Å²) in [7, 11) is 0. The molecule has 0 aliphatic rings. The Balaban J connectivity index is 2.54. The van der Waals surface area contributed by atoms with E-state index >= 15 is 0 Å². The number of hydrogen-bond acceptors (Lipinski definition) is 3. The zero-order chi connectivity index (χ0) is 14.4. The minimum absolute atomic E-state index is 0.0680. The Kier molecular flexibility index (Phi) is 6.02. The Morgan fingerprint density at radius 1 is 1.26 bits per heavy atom. The number of thiophene rings is 1. The third kappa shape index (κ3) is 5.03. The molecule has 0 bridgehead atoms. The molecule has 106 valence electrons. The molecule has 1 heterocycles. The Bertz CT molecular complexity index is 440. The molecule has 4 nitrogen and oxygen atoms in total. The molecule has 0 saturated carbocycles. The molecule has 0 aliphatic heterocycles. The van der Waals surface area contributed by atoms with E-state index in [1.54, 1.807) is 11.3 Å². The smallest absolute Gasteiger partial charge is 0.243 e. The molecular formula is C14H22N2O2S. The average Bonchev–Trinajstić information content (AvgIpc) is 2.80. The fourth-order valence-corrected chi connectivity index (χ4v) is 2.64. The van der Waals surface area contributed by atoms with Crippen molar-refractivity contribution in [1.82, 2.24) is 10.6 Å². The van der Waals surface area contributed by atoms with Crippen LogP contribution in [0.15, 0.2) is 12.1 Å². The van der Waals surface area contributed by atoms with Gasteiger partial charge < -0.3 is 10.6 Å². The lowest BCUT2D eigenvalue weighted by molar-refractivity contribution is -0.129. The van der Waals surface area contributed by atoms with Crippen LogP contribution in [0.3, 0.4) is 0 Å². The highest BCUT2D eigenvalue weighted by Gasteiger charge is 2.22. The van der Waals surface area contributed by atoms with E-state index < -0.39 is 6.04 Å². The van der Waals surface area contributed by atoms with E-state index in [9.17, 15) is 9.59 Å². The lowest BCUT2D eigenvalue weighted by Crippen LogP contribution is -2.48. The summed E-state index contributed by atoms with van der Waals surface area (Å²) in [5.74, 6) is -0.242. The summed E-state index contributed by atoms with van der Waals surface area (Å²) in [4.78, 5) is 25.6. The summed E-state index contributed by atoms with van der Waals surface area (Å²) < 4.78 is 0. The molecule has 1 aromatic heterocycles. The predicted octanol–water partition coefficient (Wildman–Crippen LogP) is 2.09. The molecule has 0 spiro atoms. The van der Waals surface area contributed by atoms with Crippen LogP contribution in [0.2, 0.25) is 0 Å². The van der Waals surface area contributed by atoms with E-state index in [0.29, 0.717) is 6.54 Å². The van der Waals surface area contributed by atoms with Crippen LogP contribution in [-0.2, 0) is 22.6 Å². The summed E-state index contributed by atoms with van der Waals surface area (Å²) in [6.07, 6.45) is 1.01. The molecule has 0 fully saturated rings. The van der Waals surface area contributed by atoms with Crippen molar-refractivity contribution in [2.45, 2.75) is 46.7 Å². The lowest BCUT2D eigenvalue weighted by atomic mass is 10.0. The highest BCUT2D eigenvalue weighted by atomic mass is 32.1. The van der Waals surface area contributed by atoms with Crippen LogP contribution in [0.5, 0.6) is 0 Å². The van der Waals surface area contributed by atoms with Gasteiger partial charge in [0.25, 0.3) is 0 Å². The van der Waals surface area contributed by atoms with Gasteiger partial charge in [0.15, 0.2) is 0 Å². The molecule has 19 heavy (non-hydrogen) atoms. The van der Waals surface area contributed by atoms with Crippen molar-refractivity contribution in [1.29, 1.82) is 0 Å². The molecule has 1 rings (SSSR count). The standard InChI is InChI=1S/C14H22N2O2S/c1-5-11-6-7-12(19-11)8-15-14(18)13(9(2)3)16-10(4)17/h6-7,9,13H,5,8H2,1-4H3,(H,15,18)(H,16,17)/t13-/m1/s1. The highest BCUT2D eigenvalue weighted by Crippen LogP contribution is 2.16. The van der Waals surface area contributed by atoms with E-state index in [4.69, 9.17) is 0 Å². The maximum atomic E-state index is 12.0. The SMILES string of the molecule is CCc1ccc(CNC(=O)[C@H](NC(C)=O)C(C)C)s1. The summed E-state index contributed by atoms with van der Waals surface area (Å²) in [6, 6.07) is 3.65. The normalized spacial score (nSPS) is 12.3. The number of carbonyl (C=O) groups is 2. The Labute approximate surface area is 118 Å². The van der Waals surface area contributed by atoms with Crippen molar-refractivity contribution >= 4 is 23.2 Å². The summed E-state index contributed by atoms with van der Waals surface area (Å²) in [5.41, 5.74) is 0. The second-order valence-corrected chi connectivity index (χ2v) is 6.11. The van der Waals surface area contributed by atoms with Gasteiger partial charge in [0.1, 0.15) is 6.04 Å². The monoisotopic (exact) mass is 282 g/mol.